The molecule has 1 heterocycles. The van der Waals surface area contributed by atoms with Crippen LogP contribution < -0.4 is 5.73 Å². The minimum Gasteiger partial charge on any atom is -0.326 e. The fourth-order valence-corrected chi connectivity index (χ4v) is 2.53. The van der Waals surface area contributed by atoms with Gasteiger partial charge >= 0.3 is 0 Å². The molecule has 1 aliphatic heterocycles. The molecule has 0 unspecified atom stereocenters. The highest BCUT2D eigenvalue weighted by atomic mass is 19.1. The van der Waals surface area contributed by atoms with Crippen molar-refractivity contribution >= 4 is 0 Å². The number of benzene rings is 1. The SMILES string of the molecule is NCc1cccc(F)c1CCN1CCCCC1. The summed E-state index contributed by atoms with van der Waals surface area (Å²) in [4.78, 5) is 2.43. The van der Waals surface area contributed by atoms with Gasteiger partial charge in [-0.05, 0) is 49.5 Å². The highest BCUT2D eigenvalue weighted by Crippen LogP contribution is 2.16. The van der Waals surface area contributed by atoms with E-state index in [1.807, 2.05) is 6.07 Å². The van der Waals surface area contributed by atoms with Gasteiger partial charge in [-0.3, -0.25) is 0 Å². The third kappa shape index (κ3) is 3.27. The number of nitrogens with zero attached hydrogens (tertiary/aromatic N) is 1. The molecule has 94 valence electrons. The van der Waals surface area contributed by atoms with E-state index in [0.717, 1.165) is 37.2 Å². The minimum atomic E-state index is -0.107. The first kappa shape index (κ1) is 12.5. The summed E-state index contributed by atoms with van der Waals surface area (Å²) in [6.45, 7) is 3.69. The number of nitrogens with two attached hydrogens (primary N) is 1. The van der Waals surface area contributed by atoms with Crippen LogP contribution in [0.4, 0.5) is 4.39 Å². The van der Waals surface area contributed by atoms with E-state index in [4.69, 9.17) is 5.73 Å². The lowest BCUT2D eigenvalue weighted by Gasteiger charge is -2.26. The average Bonchev–Trinajstić information content (AvgIpc) is 2.38. The van der Waals surface area contributed by atoms with E-state index in [1.165, 1.54) is 25.3 Å². The molecule has 2 nitrogen and oxygen atoms in total. The lowest BCUT2D eigenvalue weighted by atomic mass is 10.0. The van der Waals surface area contributed by atoms with Crippen molar-refractivity contribution in [3.8, 4) is 0 Å². The predicted octanol–water partition coefficient (Wildman–Crippen LogP) is 2.31. The van der Waals surface area contributed by atoms with Crippen molar-refractivity contribution in [1.82, 2.24) is 4.90 Å². The van der Waals surface area contributed by atoms with Gasteiger partial charge in [0.15, 0.2) is 0 Å². The molecule has 0 bridgehead atoms. The highest BCUT2D eigenvalue weighted by Gasteiger charge is 2.12. The van der Waals surface area contributed by atoms with Crippen molar-refractivity contribution in [3.63, 3.8) is 0 Å². The van der Waals surface area contributed by atoms with Gasteiger partial charge in [0.05, 0.1) is 0 Å². The van der Waals surface area contributed by atoms with Crippen LogP contribution in [-0.4, -0.2) is 24.5 Å². The number of piperidine rings is 1. The summed E-state index contributed by atoms with van der Waals surface area (Å²) >= 11 is 0. The number of hydrogen-bond donors (Lipinski definition) is 1. The molecule has 17 heavy (non-hydrogen) atoms. The van der Waals surface area contributed by atoms with E-state index in [0.29, 0.717) is 6.54 Å². The fraction of sp³-hybridized carbons (Fsp3) is 0.571. The van der Waals surface area contributed by atoms with Crippen LogP contribution in [0.5, 0.6) is 0 Å². The minimum absolute atomic E-state index is 0.107. The number of rotatable bonds is 4. The van der Waals surface area contributed by atoms with E-state index in [1.54, 1.807) is 6.07 Å². The molecular weight excluding hydrogens is 215 g/mol. The van der Waals surface area contributed by atoms with Gasteiger partial charge in [0.25, 0.3) is 0 Å². The molecule has 0 radical (unpaired) electrons. The second kappa shape index (κ2) is 6.12. The van der Waals surface area contributed by atoms with E-state index in [9.17, 15) is 4.39 Å². The summed E-state index contributed by atoms with van der Waals surface area (Å²) in [6, 6.07) is 5.20. The van der Waals surface area contributed by atoms with Gasteiger partial charge in [0.2, 0.25) is 0 Å². The fourth-order valence-electron chi connectivity index (χ4n) is 2.53. The van der Waals surface area contributed by atoms with Crippen molar-refractivity contribution in [2.24, 2.45) is 5.73 Å². The van der Waals surface area contributed by atoms with E-state index in [2.05, 4.69) is 4.90 Å². The van der Waals surface area contributed by atoms with Crippen LogP contribution in [-0.2, 0) is 13.0 Å². The van der Waals surface area contributed by atoms with Crippen LogP contribution in [0.3, 0.4) is 0 Å². The summed E-state index contributed by atoms with van der Waals surface area (Å²) in [5, 5.41) is 0. The molecule has 0 atom stereocenters. The van der Waals surface area contributed by atoms with E-state index < -0.39 is 0 Å². The lowest BCUT2D eigenvalue weighted by molar-refractivity contribution is 0.230. The second-order valence-electron chi connectivity index (χ2n) is 4.73. The Morgan fingerprint density at radius 3 is 2.65 bits per heavy atom. The Labute approximate surface area is 103 Å². The van der Waals surface area contributed by atoms with Crippen LogP contribution in [0.15, 0.2) is 18.2 Å². The molecule has 1 saturated heterocycles. The van der Waals surface area contributed by atoms with Crippen molar-refractivity contribution in [2.75, 3.05) is 19.6 Å². The molecule has 1 aromatic rings. The smallest absolute Gasteiger partial charge is 0.126 e. The van der Waals surface area contributed by atoms with Gasteiger partial charge < -0.3 is 10.6 Å². The Hall–Kier alpha value is -0.930. The van der Waals surface area contributed by atoms with Crippen LogP contribution in [0.25, 0.3) is 0 Å². The zero-order valence-corrected chi connectivity index (χ0v) is 10.3. The van der Waals surface area contributed by atoms with Gasteiger partial charge in [-0.1, -0.05) is 18.6 Å². The Balaban J connectivity index is 1.97. The van der Waals surface area contributed by atoms with Crippen molar-refractivity contribution < 1.29 is 4.39 Å². The maximum Gasteiger partial charge on any atom is 0.126 e. The Morgan fingerprint density at radius 2 is 1.94 bits per heavy atom. The first-order chi connectivity index (χ1) is 8.31. The van der Waals surface area contributed by atoms with Crippen LogP contribution in [0.2, 0.25) is 0 Å². The average molecular weight is 236 g/mol. The number of halogens is 1. The molecule has 1 aliphatic rings. The first-order valence-corrected chi connectivity index (χ1v) is 6.50. The topological polar surface area (TPSA) is 29.3 Å². The van der Waals surface area contributed by atoms with Gasteiger partial charge in [0, 0.05) is 13.1 Å². The Morgan fingerprint density at radius 1 is 1.18 bits per heavy atom. The standard InChI is InChI=1S/C14H21FN2/c15-14-6-4-5-12(11-16)13(14)7-10-17-8-2-1-3-9-17/h4-6H,1-3,7-11,16H2. The zero-order chi connectivity index (χ0) is 12.1. The molecule has 2 rings (SSSR count). The highest BCUT2D eigenvalue weighted by molar-refractivity contribution is 5.28. The van der Waals surface area contributed by atoms with Crippen LogP contribution >= 0.6 is 0 Å². The number of likely N-dealkylation sites (tertiary alicyclic amines) is 1. The molecule has 2 N–H and O–H groups in total. The molecule has 0 aliphatic carbocycles. The second-order valence-corrected chi connectivity index (χ2v) is 4.73. The third-order valence-electron chi connectivity index (χ3n) is 3.56. The van der Waals surface area contributed by atoms with Crippen molar-refractivity contribution in [2.45, 2.75) is 32.2 Å². The quantitative estimate of drug-likeness (QED) is 0.869. The molecule has 1 aromatic carbocycles. The summed E-state index contributed by atoms with van der Waals surface area (Å²) in [5.41, 5.74) is 7.40. The van der Waals surface area contributed by atoms with Gasteiger partial charge in [-0.2, -0.15) is 0 Å². The summed E-state index contributed by atoms with van der Waals surface area (Å²) in [7, 11) is 0. The van der Waals surface area contributed by atoms with Gasteiger partial charge in [0.1, 0.15) is 5.82 Å². The normalized spacial score (nSPS) is 17.3. The Kier molecular flexibility index (Phi) is 4.51. The zero-order valence-electron chi connectivity index (χ0n) is 10.3. The summed E-state index contributed by atoms with van der Waals surface area (Å²) in [5.74, 6) is -0.107. The van der Waals surface area contributed by atoms with Gasteiger partial charge in [-0.25, -0.2) is 4.39 Å². The Bertz CT molecular complexity index is 359. The van der Waals surface area contributed by atoms with Crippen LogP contribution in [0.1, 0.15) is 30.4 Å². The maximum absolute atomic E-state index is 13.7. The maximum atomic E-state index is 13.7. The summed E-state index contributed by atoms with van der Waals surface area (Å²) < 4.78 is 13.7. The largest absolute Gasteiger partial charge is 0.326 e. The molecule has 0 saturated carbocycles. The summed E-state index contributed by atoms with van der Waals surface area (Å²) in [6.07, 6.45) is 4.67. The number of hydrogen-bond acceptors (Lipinski definition) is 2. The predicted molar refractivity (Wildman–Crippen MR) is 68.3 cm³/mol. The van der Waals surface area contributed by atoms with Crippen molar-refractivity contribution in [3.05, 3.63) is 35.1 Å². The monoisotopic (exact) mass is 236 g/mol. The first-order valence-electron chi connectivity index (χ1n) is 6.50. The van der Waals surface area contributed by atoms with Crippen molar-refractivity contribution in [1.29, 1.82) is 0 Å². The van der Waals surface area contributed by atoms with Crippen LogP contribution in [0, 0.1) is 5.82 Å². The van der Waals surface area contributed by atoms with E-state index >= 15 is 0 Å². The lowest BCUT2D eigenvalue weighted by Crippen LogP contribution is -2.31. The molecule has 3 heteroatoms. The van der Waals surface area contributed by atoms with Gasteiger partial charge in [-0.15, -0.1) is 0 Å². The molecular formula is C14H21FN2. The van der Waals surface area contributed by atoms with E-state index in [-0.39, 0.29) is 5.82 Å². The molecule has 0 aromatic heterocycles. The third-order valence-corrected chi connectivity index (χ3v) is 3.56. The molecule has 0 spiro atoms. The molecule has 1 fully saturated rings. The molecule has 0 amide bonds.